The minimum atomic E-state index is -0.284. The second kappa shape index (κ2) is 7.09. The van der Waals surface area contributed by atoms with Gasteiger partial charge in [-0.2, -0.15) is 0 Å². The summed E-state index contributed by atoms with van der Waals surface area (Å²) in [6, 6.07) is 0. The Hall–Kier alpha value is -1.38. The third kappa shape index (κ3) is 3.35. The van der Waals surface area contributed by atoms with E-state index >= 15 is 0 Å². The summed E-state index contributed by atoms with van der Waals surface area (Å²) >= 11 is 2.96. The van der Waals surface area contributed by atoms with Crippen molar-refractivity contribution in [2.24, 2.45) is 0 Å². The Labute approximate surface area is 154 Å². The summed E-state index contributed by atoms with van der Waals surface area (Å²) < 4.78 is 5.29. The number of thioether (sulfide) groups is 1. The van der Waals surface area contributed by atoms with Gasteiger partial charge in [0, 0.05) is 18.0 Å². The van der Waals surface area contributed by atoms with Gasteiger partial charge in [-0.15, -0.1) is 11.3 Å². The molecule has 1 fully saturated rings. The second-order valence-electron chi connectivity index (χ2n) is 6.46. The third-order valence-electron chi connectivity index (χ3n) is 4.76. The molecule has 0 radical (unpaired) electrons. The molecule has 2 aliphatic rings. The number of morpholine rings is 1. The summed E-state index contributed by atoms with van der Waals surface area (Å²) in [5, 5.41) is 1.01. The second-order valence-corrected chi connectivity index (χ2v) is 8.87. The van der Waals surface area contributed by atoms with Gasteiger partial charge >= 0.3 is 0 Å². The number of carbonyl (C=O) groups excluding carboxylic acids is 1. The summed E-state index contributed by atoms with van der Waals surface area (Å²) in [6.07, 6.45) is 4.34. The van der Waals surface area contributed by atoms with Gasteiger partial charge in [-0.3, -0.25) is 9.59 Å². The number of amides is 1. The highest BCUT2D eigenvalue weighted by atomic mass is 32.2. The lowest BCUT2D eigenvalue weighted by molar-refractivity contribution is -0.134. The number of aryl methyl sites for hydroxylation is 2. The maximum atomic E-state index is 12.6. The lowest BCUT2D eigenvalue weighted by atomic mass is 9.97. The minimum absolute atomic E-state index is 0.0709. The molecule has 1 aliphatic carbocycles. The third-order valence-corrected chi connectivity index (χ3v) is 6.92. The van der Waals surface area contributed by atoms with Gasteiger partial charge in [-0.05, 0) is 38.2 Å². The molecule has 1 atom stereocenters. The number of ether oxygens (including phenoxy) is 1. The molecular formula is C17H21N3O3S2. The number of H-pyrrole nitrogens is 1. The Bertz CT molecular complexity index is 855. The van der Waals surface area contributed by atoms with Gasteiger partial charge in [-0.1, -0.05) is 11.8 Å². The SMILES string of the molecule is CC(Sc1nc2sc3c(c2c(=O)[nH]1)CCCC3)C(=O)N1CCOCC1. The molecule has 8 heteroatoms. The van der Waals surface area contributed by atoms with Gasteiger partial charge in [0.25, 0.3) is 5.56 Å². The number of thiophene rings is 1. The normalized spacial score (nSPS) is 19.0. The molecule has 1 amide bonds. The highest BCUT2D eigenvalue weighted by Crippen LogP contribution is 2.34. The van der Waals surface area contributed by atoms with Crippen molar-refractivity contribution in [3.8, 4) is 0 Å². The molecule has 3 heterocycles. The van der Waals surface area contributed by atoms with Crippen LogP contribution in [0.1, 0.15) is 30.2 Å². The van der Waals surface area contributed by atoms with E-state index in [-0.39, 0.29) is 16.7 Å². The number of aromatic amines is 1. The van der Waals surface area contributed by atoms with Crippen LogP contribution in [-0.2, 0) is 22.4 Å². The van der Waals surface area contributed by atoms with E-state index in [4.69, 9.17) is 4.74 Å². The van der Waals surface area contributed by atoms with Crippen molar-refractivity contribution in [2.45, 2.75) is 43.0 Å². The van der Waals surface area contributed by atoms with Crippen molar-refractivity contribution in [2.75, 3.05) is 26.3 Å². The average Bonchev–Trinajstić information content (AvgIpc) is 3.00. The fourth-order valence-corrected chi connectivity index (χ4v) is 5.66. The molecule has 6 nitrogen and oxygen atoms in total. The van der Waals surface area contributed by atoms with Crippen LogP contribution in [0.3, 0.4) is 0 Å². The van der Waals surface area contributed by atoms with Gasteiger partial charge < -0.3 is 14.6 Å². The topological polar surface area (TPSA) is 75.3 Å². The van der Waals surface area contributed by atoms with E-state index in [0.717, 1.165) is 29.5 Å². The van der Waals surface area contributed by atoms with Crippen LogP contribution >= 0.6 is 23.1 Å². The molecule has 1 N–H and O–H groups in total. The quantitative estimate of drug-likeness (QED) is 0.654. The molecule has 0 saturated carbocycles. The maximum Gasteiger partial charge on any atom is 0.260 e. The first-order chi connectivity index (χ1) is 12.1. The van der Waals surface area contributed by atoms with Crippen LogP contribution in [-0.4, -0.2) is 52.3 Å². The lowest BCUT2D eigenvalue weighted by Gasteiger charge is -2.28. The number of fused-ring (bicyclic) bond motifs is 3. The number of carbonyl (C=O) groups is 1. The van der Waals surface area contributed by atoms with Crippen LogP contribution < -0.4 is 5.56 Å². The predicted molar refractivity (Wildman–Crippen MR) is 99.6 cm³/mol. The molecular weight excluding hydrogens is 358 g/mol. The van der Waals surface area contributed by atoms with Crippen molar-refractivity contribution in [1.82, 2.24) is 14.9 Å². The maximum absolute atomic E-state index is 12.6. The van der Waals surface area contributed by atoms with Gasteiger partial charge in [0.2, 0.25) is 5.91 Å². The van der Waals surface area contributed by atoms with Crippen LogP contribution in [0.4, 0.5) is 0 Å². The first-order valence-corrected chi connectivity index (χ1v) is 10.4. The average molecular weight is 380 g/mol. The molecule has 1 unspecified atom stereocenters. The molecule has 1 saturated heterocycles. The number of rotatable bonds is 3. The van der Waals surface area contributed by atoms with E-state index in [1.807, 2.05) is 11.8 Å². The molecule has 0 bridgehead atoms. The van der Waals surface area contributed by atoms with Gasteiger partial charge in [0.15, 0.2) is 5.16 Å². The van der Waals surface area contributed by atoms with Crippen molar-refractivity contribution >= 4 is 39.2 Å². The van der Waals surface area contributed by atoms with Crippen LogP contribution in [0.2, 0.25) is 0 Å². The zero-order valence-electron chi connectivity index (χ0n) is 14.2. The molecule has 25 heavy (non-hydrogen) atoms. The molecule has 2 aromatic rings. The Morgan fingerprint density at radius 1 is 1.32 bits per heavy atom. The molecule has 4 rings (SSSR count). The largest absolute Gasteiger partial charge is 0.378 e. The molecule has 134 valence electrons. The van der Waals surface area contributed by atoms with Crippen LogP contribution in [0.15, 0.2) is 9.95 Å². The van der Waals surface area contributed by atoms with Crippen molar-refractivity contribution in [3.63, 3.8) is 0 Å². The highest BCUT2D eigenvalue weighted by molar-refractivity contribution is 8.00. The van der Waals surface area contributed by atoms with E-state index < -0.39 is 0 Å². The predicted octanol–water partition coefficient (Wildman–Crippen LogP) is 2.20. The number of hydrogen-bond acceptors (Lipinski definition) is 6. The first-order valence-electron chi connectivity index (χ1n) is 8.71. The Morgan fingerprint density at radius 2 is 2.08 bits per heavy atom. The number of hydrogen-bond donors (Lipinski definition) is 1. The van der Waals surface area contributed by atoms with Crippen molar-refractivity contribution < 1.29 is 9.53 Å². The zero-order valence-corrected chi connectivity index (χ0v) is 15.8. The highest BCUT2D eigenvalue weighted by Gasteiger charge is 2.25. The van der Waals surface area contributed by atoms with E-state index in [1.165, 1.54) is 28.6 Å². The molecule has 2 aromatic heterocycles. The lowest BCUT2D eigenvalue weighted by Crippen LogP contribution is -2.44. The van der Waals surface area contributed by atoms with E-state index in [0.29, 0.717) is 31.5 Å². The van der Waals surface area contributed by atoms with Crippen LogP contribution in [0.5, 0.6) is 0 Å². The summed E-state index contributed by atoms with van der Waals surface area (Å²) in [5.41, 5.74) is 1.12. The van der Waals surface area contributed by atoms with E-state index in [2.05, 4.69) is 9.97 Å². The van der Waals surface area contributed by atoms with Gasteiger partial charge in [0.1, 0.15) is 4.83 Å². The Morgan fingerprint density at radius 3 is 2.88 bits per heavy atom. The molecule has 0 aromatic carbocycles. The minimum Gasteiger partial charge on any atom is -0.378 e. The number of nitrogens with zero attached hydrogens (tertiary/aromatic N) is 2. The Balaban J connectivity index is 1.57. The van der Waals surface area contributed by atoms with Crippen molar-refractivity contribution in [3.05, 3.63) is 20.8 Å². The number of aromatic nitrogens is 2. The molecule has 1 aliphatic heterocycles. The van der Waals surface area contributed by atoms with Crippen molar-refractivity contribution in [1.29, 1.82) is 0 Å². The summed E-state index contributed by atoms with van der Waals surface area (Å²) in [6.45, 7) is 4.30. The standard InChI is InChI=1S/C17H21N3O3S2/c1-10(16(22)20-6-8-23-9-7-20)24-17-18-14(21)13-11-4-2-3-5-12(11)25-15(13)19-17/h10H,2-9H2,1H3,(H,18,19,21). The monoisotopic (exact) mass is 379 g/mol. The van der Waals surface area contributed by atoms with Crippen LogP contribution in [0, 0.1) is 0 Å². The number of nitrogens with one attached hydrogen (secondary N) is 1. The fraction of sp³-hybridized carbons (Fsp3) is 0.588. The summed E-state index contributed by atoms with van der Waals surface area (Å²) in [7, 11) is 0. The van der Waals surface area contributed by atoms with E-state index in [9.17, 15) is 9.59 Å². The fourth-order valence-electron chi connectivity index (χ4n) is 3.46. The van der Waals surface area contributed by atoms with E-state index in [1.54, 1.807) is 11.3 Å². The molecule has 0 spiro atoms. The van der Waals surface area contributed by atoms with Crippen LogP contribution in [0.25, 0.3) is 10.2 Å². The Kier molecular flexibility index (Phi) is 4.84. The first kappa shape index (κ1) is 17.1. The van der Waals surface area contributed by atoms with Gasteiger partial charge in [0.05, 0.1) is 23.8 Å². The summed E-state index contributed by atoms with van der Waals surface area (Å²) in [4.78, 5) is 36.6. The smallest absolute Gasteiger partial charge is 0.260 e. The zero-order chi connectivity index (χ0) is 17.4. The summed E-state index contributed by atoms with van der Waals surface area (Å²) in [5.74, 6) is 0.0709. The van der Waals surface area contributed by atoms with Gasteiger partial charge in [-0.25, -0.2) is 4.98 Å².